The molecule has 2 rings (SSSR count). The van der Waals surface area contributed by atoms with Crippen molar-refractivity contribution in [3.63, 3.8) is 0 Å². The average Bonchev–Trinajstić information content (AvgIpc) is 2.89. The molecule has 0 saturated carbocycles. The molecular formula is C12H15N3O2S. The minimum absolute atomic E-state index is 0.426. The highest BCUT2D eigenvalue weighted by molar-refractivity contribution is 7.14. The normalized spacial score (nSPS) is 10.6. The van der Waals surface area contributed by atoms with Crippen molar-refractivity contribution < 1.29 is 9.47 Å². The molecule has 0 aliphatic carbocycles. The summed E-state index contributed by atoms with van der Waals surface area (Å²) in [5.74, 6) is 0.819. The molecule has 2 N–H and O–H groups in total. The molecule has 0 radical (unpaired) electrons. The van der Waals surface area contributed by atoms with Gasteiger partial charge in [-0.15, -0.1) is 10.2 Å². The zero-order valence-corrected chi connectivity index (χ0v) is 10.9. The fourth-order valence-corrected chi connectivity index (χ4v) is 2.11. The highest BCUT2D eigenvalue weighted by atomic mass is 32.1. The Balaban J connectivity index is 2.02. The van der Waals surface area contributed by atoms with Gasteiger partial charge < -0.3 is 15.2 Å². The van der Waals surface area contributed by atoms with Gasteiger partial charge >= 0.3 is 0 Å². The molecule has 1 heterocycles. The number of hydrogen-bond acceptors (Lipinski definition) is 6. The summed E-state index contributed by atoms with van der Waals surface area (Å²) in [5, 5.41) is 9.79. The maximum Gasteiger partial charge on any atom is 0.147 e. The largest absolute Gasteiger partial charge is 0.491 e. The van der Waals surface area contributed by atoms with Crippen molar-refractivity contribution in [2.75, 3.05) is 20.3 Å². The van der Waals surface area contributed by atoms with Crippen LogP contribution in [0.15, 0.2) is 24.3 Å². The smallest absolute Gasteiger partial charge is 0.147 e. The number of hydrogen-bond donors (Lipinski definition) is 1. The van der Waals surface area contributed by atoms with E-state index < -0.39 is 0 Å². The van der Waals surface area contributed by atoms with E-state index in [0.29, 0.717) is 19.8 Å². The summed E-state index contributed by atoms with van der Waals surface area (Å²) in [5.41, 5.74) is 6.53. The van der Waals surface area contributed by atoms with Gasteiger partial charge in [-0.2, -0.15) is 0 Å². The molecule has 0 amide bonds. The first kappa shape index (κ1) is 12.9. The molecule has 6 heteroatoms. The van der Waals surface area contributed by atoms with Gasteiger partial charge in [-0.1, -0.05) is 11.3 Å². The summed E-state index contributed by atoms with van der Waals surface area (Å²) >= 11 is 1.51. The molecule has 0 aliphatic heterocycles. The Hall–Kier alpha value is -1.50. The van der Waals surface area contributed by atoms with E-state index in [4.69, 9.17) is 15.2 Å². The number of nitrogens with zero attached hydrogens (tertiary/aromatic N) is 2. The van der Waals surface area contributed by atoms with Crippen LogP contribution in [0.25, 0.3) is 10.6 Å². The number of ether oxygens (including phenoxy) is 2. The van der Waals surface area contributed by atoms with Crippen molar-refractivity contribution >= 4 is 11.3 Å². The highest BCUT2D eigenvalue weighted by Crippen LogP contribution is 2.25. The number of rotatable bonds is 6. The molecule has 2 aromatic rings. The first-order valence-corrected chi connectivity index (χ1v) is 6.39. The lowest BCUT2D eigenvalue weighted by molar-refractivity contribution is 0.146. The third-order valence-electron chi connectivity index (χ3n) is 2.30. The first-order valence-electron chi connectivity index (χ1n) is 5.58. The van der Waals surface area contributed by atoms with E-state index in [-0.39, 0.29) is 0 Å². The van der Waals surface area contributed by atoms with Crippen molar-refractivity contribution in [2.45, 2.75) is 6.54 Å². The van der Waals surface area contributed by atoms with Gasteiger partial charge in [0.05, 0.1) is 6.61 Å². The molecule has 0 aliphatic rings. The van der Waals surface area contributed by atoms with Crippen LogP contribution in [-0.4, -0.2) is 30.5 Å². The molecule has 1 aromatic carbocycles. The second kappa shape index (κ2) is 6.44. The van der Waals surface area contributed by atoms with E-state index in [9.17, 15) is 0 Å². The van der Waals surface area contributed by atoms with E-state index in [1.54, 1.807) is 7.11 Å². The molecule has 0 atom stereocenters. The van der Waals surface area contributed by atoms with Crippen molar-refractivity contribution in [3.05, 3.63) is 29.3 Å². The Morgan fingerprint density at radius 1 is 1.17 bits per heavy atom. The minimum Gasteiger partial charge on any atom is -0.491 e. The number of benzene rings is 1. The Morgan fingerprint density at radius 3 is 2.56 bits per heavy atom. The van der Waals surface area contributed by atoms with Gasteiger partial charge in [0.25, 0.3) is 0 Å². The van der Waals surface area contributed by atoms with Crippen LogP contribution < -0.4 is 10.5 Å². The summed E-state index contributed by atoms with van der Waals surface area (Å²) < 4.78 is 10.4. The predicted molar refractivity (Wildman–Crippen MR) is 70.6 cm³/mol. The Labute approximate surface area is 110 Å². The number of nitrogens with two attached hydrogens (primary N) is 1. The second-order valence-electron chi connectivity index (χ2n) is 3.57. The van der Waals surface area contributed by atoms with Gasteiger partial charge in [0.2, 0.25) is 0 Å². The summed E-state index contributed by atoms with van der Waals surface area (Å²) in [6, 6.07) is 7.74. The van der Waals surface area contributed by atoms with E-state index in [1.165, 1.54) is 11.3 Å². The SMILES string of the molecule is COCCOc1ccc(-c2nnc(CN)s2)cc1. The van der Waals surface area contributed by atoms with Gasteiger partial charge in [-0.05, 0) is 24.3 Å². The third kappa shape index (κ3) is 3.25. The lowest BCUT2D eigenvalue weighted by Crippen LogP contribution is -2.03. The molecule has 0 unspecified atom stereocenters. The maximum atomic E-state index is 5.51. The molecule has 0 saturated heterocycles. The molecule has 0 bridgehead atoms. The standard InChI is InChI=1S/C12H15N3O2S/c1-16-6-7-17-10-4-2-9(3-5-10)12-15-14-11(8-13)18-12/h2-5H,6-8,13H2,1H3. The summed E-state index contributed by atoms with van der Waals surface area (Å²) in [7, 11) is 1.65. The Morgan fingerprint density at radius 2 is 1.94 bits per heavy atom. The fourth-order valence-electron chi connectivity index (χ4n) is 1.39. The van der Waals surface area contributed by atoms with Crippen LogP contribution in [0.5, 0.6) is 5.75 Å². The van der Waals surface area contributed by atoms with Crippen LogP contribution in [0, 0.1) is 0 Å². The van der Waals surface area contributed by atoms with Crippen molar-refractivity contribution in [1.82, 2.24) is 10.2 Å². The average molecular weight is 265 g/mol. The van der Waals surface area contributed by atoms with E-state index in [0.717, 1.165) is 21.3 Å². The van der Waals surface area contributed by atoms with Gasteiger partial charge in [-0.3, -0.25) is 0 Å². The van der Waals surface area contributed by atoms with Gasteiger partial charge in [0.15, 0.2) is 0 Å². The van der Waals surface area contributed by atoms with Crippen molar-refractivity contribution in [3.8, 4) is 16.3 Å². The summed E-state index contributed by atoms with van der Waals surface area (Å²) in [4.78, 5) is 0. The highest BCUT2D eigenvalue weighted by Gasteiger charge is 2.05. The monoisotopic (exact) mass is 265 g/mol. The molecule has 0 spiro atoms. The molecule has 1 aromatic heterocycles. The number of aromatic nitrogens is 2. The second-order valence-corrected chi connectivity index (χ2v) is 4.63. The van der Waals surface area contributed by atoms with Crippen LogP contribution in [0.3, 0.4) is 0 Å². The molecule has 96 valence electrons. The van der Waals surface area contributed by atoms with E-state index in [2.05, 4.69) is 10.2 Å². The van der Waals surface area contributed by atoms with Crippen LogP contribution in [0.4, 0.5) is 0 Å². The first-order chi connectivity index (χ1) is 8.83. The molecular weight excluding hydrogens is 250 g/mol. The molecule has 0 fully saturated rings. The molecule has 18 heavy (non-hydrogen) atoms. The Bertz CT molecular complexity index is 484. The van der Waals surface area contributed by atoms with E-state index >= 15 is 0 Å². The molecule has 5 nitrogen and oxygen atoms in total. The summed E-state index contributed by atoms with van der Waals surface area (Å²) in [6.07, 6.45) is 0. The van der Waals surface area contributed by atoms with Crippen LogP contribution in [0.1, 0.15) is 5.01 Å². The number of methoxy groups -OCH3 is 1. The zero-order valence-electron chi connectivity index (χ0n) is 10.1. The van der Waals surface area contributed by atoms with Crippen LogP contribution >= 0.6 is 11.3 Å². The third-order valence-corrected chi connectivity index (χ3v) is 3.29. The van der Waals surface area contributed by atoms with Crippen molar-refractivity contribution in [1.29, 1.82) is 0 Å². The van der Waals surface area contributed by atoms with Crippen LogP contribution in [0.2, 0.25) is 0 Å². The predicted octanol–water partition coefficient (Wildman–Crippen LogP) is 1.69. The maximum absolute atomic E-state index is 5.51. The van der Waals surface area contributed by atoms with Crippen molar-refractivity contribution in [2.24, 2.45) is 5.73 Å². The van der Waals surface area contributed by atoms with E-state index in [1.807, 2.05) is 24.3 Å². The van der Waals surface area contributed by atoms with Gasteiger partial charge in [0.1, 0.15) is 22.4 Å². The Kier molecular flexibility index (Phi) is 4.63. The summed E-state index contributed by atoms with van der Waals surface area (Å²) in [6.45, 7) is 1.56. The fraction of sp³-hybridized carbons (Fsp3) is 0.333. The van der Waals surface area contributed by atoms with Crippen LogP contribution in [-0.2, 0) is 11.3 Å². The van der Waals surface area contributed by atoms with Gasteiger partial charge in [-0.25, -0.2) is 0 Å². The topological polar surface area (TPSA) is 70.3 Å². The lowest BCUT2D eigenvalue weighted by Gasteiger charge is -2.05. The van der Waals surface area contributed by atoms with Gasteiger partial charge in [0, 0.05) is 19.2 Å². The lowest BCUT2D eigenvalue weighted by atomic mass is 10.2. The minimum atomic E-state index is 0.426. The quantitative estimate of drug-likeness (QED) is 0.805. The zero-order chi connectivity index (χ0) is 12.8.